The smallest absolute Gasteiger partial charge is 0.310 e. The average molecular weight is 273 g/mol. The fraction of sp³-hybridized carbons (Fsp3) is 0.200. The van der Waals surface area contributed by atoms with Gasteiger partial charge in [-0.05, 0) is 17.2 Å². The first-order valence-electron chi connectivity index (χ1n) is 6.16. The van der Waals surface area contributed by atoms with Crippen molar-refractivity contribution in [3.63, 3.8) is 0 Å². The van der Waals surface area contributed by atoms with Crippen molar-refractivity contribution in [2.24, 2.45) is 0 Å². The maximum atomic E-state index is 10.8. The predicted molar refractivity (Wildman–Crippen MR) is 74.8 cm³/mol. The van der Waals surface area contributed by atoms with Gasteiger partial charge in [0.2, 0.25) is 0 Å². The summed E-state index contributed by atoms with van der Waals surface area (Å²) in [6, 6.07) is 13.9. The number of ether oxygens (including phenoxy) is 1. The molecule has 0 aliphatic heterocycles. The number of hydrogen-bond acceptors (Lipinski definition) is 4. The Morgan fingerprint density at radius 1 is 1.25 bits per heavy atom. The van der Waals surface area contributed by atoms with Crippen molar-refractivity contribution in [1.82, 2.24) is 0 Å². The minimum Gasteiger partial charge on any atom is -0.490 e. The van der Waals surface area contributed by atoms with Gasteiger partial charge in [-0.15, -0.1) is 0 Å². The Labute approximate surface area is 116 Å². The Hall–Kier alpha value is -2.40. The van der Waals surface area contributed by atoms with Crippen molar-refractivity contribution in [3.8, 4) is 5.75 Å². The SMILES string of the molecule is COc1cc(CC(O)c2ccccc2)ccc1[N+](=O)[O-]. The first kappa shape index (κ1) is 14.0. The minimum atomic E-state index is -0.651. The van der Waals surface area contributed by atoms with Crippen LogP contribution in [0.5, 0.6) is 5.75 Å². The van der Waals surface area contributed by atoms with E-state index < -0.39 is 11.0 Å². The van der Waals surface area contributed by atoms with Crippen LogP contribution in [0.1, 0.15) is 17.2 Å². The summed E-state index contributed by atoms with van der Waals surface area (Å²) in [5.41, 5.74) is 1.51. The molecule has 0 spiro atoms. The lowest BCUT2D eigenvalue weighted by molar-refractivity contribution is -0.385. The second-order valence-electron chi connectivity index (χ2n) is 4.39. The molecule has 2 aromatic rings. The largest absolute Gasteiger partial charge is 0.490 e. The molecule has 0 heterocycles. The lowest BCUT2D eigenvalue weighted by Gasteiger charge is -2.11. The Balaban J connectivity index is 2.20. The highest BCUT2D eigenvalue weighted by molar-refractivity contribution is 5.48. The standard InChI is InChI=1S/C15H15NO4/c1-20-15-10-11(7-8-13(15)16(18)19)9-14(17)12-5-3-2-4-6-12/h2-8,10,14,17H,9H2,1H3. The molecule has 5 heteroatoms. The van der Waals surface area contributed by atoms with Crippen LogP contribution in [0, 0.1) is 10.1 Å². The number of nitro benzene ring substituents is 1. The van der Waals surface area contributed by atoms with Gasteiger partial charge in [-0.1, -0.05) is 36.4 Å². The topological polar surface area (TPSA) is 72.6 Å². The van der Waals surface area contributed by atoms with E-state index in [1.165, 1.54) is 13.2 Å². The van der Waals surface area contributed by atoms with E-state index in [1.54, 1.807) is 12.1 Å². The summed E-state index contributed by atoms with van der Waals surface area (Å²) in [4.78, 5) is 10.3. The second-order valence-corrected chi connectivity index (χ2v) is 4.39. The van der Waals surface area contributed by atoms with Crippen LogP contribution >= 0.6 is 0 Å². The normalized spacial score (nSPS) is 11.9. The number of aliphatic hydroxyl groups excluding tert-OH is 1. The maximum Gasteiger partial charge on any atom is 0.310 e. The molecule has 0 aliphatic carbocycles. The molecule has 0 radical (unpaired) electrons. The van der Waals surface area contributed by atoms with Crippen molar-refractivity contribution >= 4 is 5.69 Å². The second kappa shape index (κ2) is 6.16. The molecule has 0 aromatic heterocycles. The van der Waals surface area contributed by atoms with E-state index in [9.17, 15) is 15.2 Å². The van der Waals surface area contributed by atoms with Crippen LogP contribution in [0.2, 0.25) is 0 Å². The zero-order valence-electron chi connectivity index (χ0n) is 11.0. The van der Waals surface area contributed by atoms with Crippen LogP contribution in [-0.2, 0) is 6.42 Å². The van der Waals surface area contributed by atoms with Gasteiger partial charge < -0.3 is 9.84 Å². The summed E-state index contributed by atoms with van der Waals surface area (Å²) in [5.74, 6) is 0.202. The number of rotatable bonds is 5. The van der Waals surface area contributed by atoms with Crippen LogP contribution in [0.25, 0.3) is 0 Å². The number of hydrogen-bond donors (Lipinski definition) is 1. The van der Waals surface area contributed by atoms with E-state index in [1.807, 2.05) is 30.3 Å². The van der Waals surface area contributed by atoms with Gasteiger partial charge in [-0.25, -0.2) is 0 Å². The van der Waals surface area contributed by atoms with E-state index in [2.05, 4.69) is 0 Å². The number of nitro groups is 1. The Morgan fingerprint density at radius 3 is 2.55 bits per heavy atom. The maximum absolute atomic E-state index is 10.8. The number of methoxy groups -OCH3 is 1. The van der Waals surface area contributed by atoms with Gasteiger partial charge in [0.25, 0.3) is 0 Å². The van der Waals surface area contributed by atoms with Crippen LogP contribution in [0.4, 0.5) is 5.69 Å². The summed E-state index contributed by atoms with van der Waals surface area (Å²) in [5, 5.41) is 21.0. The van der Waals surface area contributed by atoms with E-state index in [-0.39, 0.29) is 11.4 Å². The average Bonchev–Trinajstić information content (AvgIpc) is 2.47. The van der Waals surface area contributed by atoms with Crippen LogP contribution in [0.3, 0.4) is 0 Å². The number of benzene rings is 2. The van der Waals surface area contributed by atoms with Gasteiger partial charge in [0.15, 0.2) is 5.75 Å². The summed E-state index contributed by atoms with van der Waals surface area (Å²) >= 11 is 0. The van der Waals surface area contributed by atoms with Crippen molar-refractivity contribution < 1.29 is 14.8 Å². The molecule has 1 atom stereocenters. The lowest BCUT2D eigenvalue weighted by atomic mass is 10.0. The molecule has 0 bridgehead atoms. The van der Waals surface area contributed by atoms with Crippen molar-refractivity contribution in [2.75, 3.05) is 7.11 Å². The van der Waals surface area contributed by atoms with Gasteiger partial charge in [0.05, 0.1) is 18.1 Å². The molecule has 0 amide bonds. The molecule has 1 unspecified atom stereocenters. The molecular formula is C15H15NO4. The molecule has 20 heavy (non-hydrogen) atoms. The van der Waals surface area contributed by atoms with E-state index in [0.717, 1.165) is 11.1 Å². The van der Waals surface area contributed by atoms with E-state index in [0.29, 0.717) is 6.42 Å². The molecule has 0 aliphatic rings. The van der Waals surface area contributed by atoms with Gasteiger partial charge in [0, 0.05) is 12.5 Å². The highest BCUT2D eigenvalue weighted by atomic mass is 16.6. The Kier molecular flexibility index (Phi) is 4.32. The van der Waals surface area contributed by atoms with Gasteiger partial charge in [-0.2, -0.15) is 0 Å². The fourth-order valence-corrected chi connectivity index (χ4v) is 2.02. The van der Waals surface area contributed by atoms with Gasteiger partial charge >= 0.3 is 5.69 Å². The molecule has 2 aromatic carbocycles. The van der Waals surface area contributed by atoms with Crippen molar-refractivity contribution in [3.05, 3.63) is 69.8 Å². The molecular weight excluding hydrogens is 258 g/mol. The predicted octanol–water partition coefficient (Wildman–Crippen LogP) is 2.88. The van der Waals surface area contributed by atoms with E-state index in [4.69, 9.17) is 4.74 Å². The highest BCUT2D eigenvalue weighted by Gasteiger charge is 2.16. The Bertz CT molecular complexity index is 598. The summed E-state index contributed by atoms with van der Waals surface area (Å²) in [6.45, 7) is 0. The van der Waals surface area contributed by atoms with Crippen LogP contribution < -0.4 is 4.74 Å². The highest BCUT2D eigenvalue weighted by Crippen LogP contribution is 2.29. The minimum absolute atomic E-state index is 0.0783. The van der Waals surface area contributed by atoms with Gasteiger partial charge in [-0.3, -0.25) is 10.1 Å². The first-order valence-corrected chi connectivity index (χ1v) is 6.16. The molecule has 0 fully saturated rings. The number of nitrogens with zero attached hydrogens (tertiary/aromatic N) is 1. The van der Waals surface area contributed by atoms with Crippen LogP contribution in [0.15, 0.2) is 48.5 Å². The quantitative estimate of drug-likeness (QED) is 0.671. The zero-order chi connectivity index (χ0) is 14.5. The van der Waals surface area contributed by atoms with Crippen molar-refractivity contribution in [2.45, 2.75) is 12.5 Å². The third-order valence-electron chi connectivity index (χ3n) is 3.05. The summed E-state index contributed by atoms with van der Waals surface area (Å²) < 4.78 is 5.01. The molecule has 104 valence electrons. The third-order valence-corrected chi connectivity index (χ3v) is 3.05. The zero-order valence-corrected chi connectivity index (χ0v) is 11.0. The summed E-state index contributed by atoms with van der Waals surface area (Å²) in [7, 11) is 1.39. The van der Waals surface area contributed by atoms with Crippen LogP contribution in [-0.4, -0.2) is 17.1 Å². The lowest BCUT2D eigenvalue weighted by Crippen LogP contribution is -2.02. The monoisotopic (exact) mass is 273 g/mol. The molecule has 0 saturated heterocycles. The molecule has 2 rings (SSSR count). The third kappa shape index (κ3) is 3.13. The first-order chi connectivity index (χ1) is 9.61. The summed E-state index contributed by atoms with van der Waals surface area (Å²) in [6.07, 6.45) is -0.277. The van der Waals surface area contributed by atoms with Crippen molar-refractivity contribution in [1.29, 1.82) is 0 Å². The molecule has 0 saturated carbocycles. The molecule has 5 nitrogen and oxygen atoms in total. The number of aliphatic hydroxyl groups is 1. The Morgan fingerprint density at radius 2 is 1.95 bits per heavy atom. The van der Waals surface area contributed by atoms with Gasteiger partial charge in [0.1, 0.15) is 0 Å². The van der Waals surface area contributed by atoms with E-state index >= 15 is 0 Å². The molecule has 1 N–H and O–H groups in total. The fourth-order valence-electron chi connectivity index (χ4n) is 2.02.